The quantitative estimate of drug-likeness (QED) is 0.163. The molecule has 0 saturated carbocycles. The van der Waals surface area contributed by atoms with Crippen LogP contribution in [-0.4, -0.2) is 69.4 Å². The molecule has 2 unspecified atom stereocenters. The van der Waals surface area contributed by atoms with E-state index < -0.39 is 66.4 Å². The number of aromatic amines is 1. The number of halogens is 2. The van der Waals surface area contributed by atoms with Crippen molar-refractivity contribution in [3.63, 3.8) is 0 Å². The van der Waals surface area contributed by atoms with Gasteiger partial charge in [-0.15, -0.1) is 0 Å². The zero-order valence-corrected chi connectivity index (χ0v) is 19.3. The van der Waals surface area contributed by atoms with E-state index in [2.05, 4.69) is 28.1 Å². The minimum atomic E-state index is -5.91. The summed E-state index contributed by atoms with van der Waals surface area (Å²) in [5.41, 5.74) is 3.97. The van der Waals surface area contributed by atoms with Gasteiger partial charge in [-0.2, -0.15) is 13.6 Å². The average Bonchev–Trinajstić information content (AvgIpc) is 3.05. The minimum Gasteiger partial charge on any atom is -0.392 e. The van der Waals surface area contributed by atoms with Crippen LogP contribution >= 0.6 is 23.5 Å². The normalized spacial score (nSPS) is 19.8. The molecule has 0 amide bonds. The number of nitrogens with two attached hydrogens (primary N) is 1. The maximum atomic E-state index is 15.2. The van der Waals surface area contributed by atoms with Crippen LogP contribution in [0.15, 0.2) is 11.1 Å². The number of rotatable bonds is 12. The van der Waals surface area contributed by atoms with E-state index >= 15 is 4.39 Å². The number of nitrogens with zero attached hydrogens (tertiary/aromatic N) is 3. The first kappa shape index (κ1) is 28.6. The van der Waals surface area contributed by atoms with Gasteiger partial charge in [-0.25, -0.2) is 27.5 Å². The fourth-order valence-electron chi connectivity index (χ4n) is 2.28. The second-order valence-electron chi connectivity index (χ2n) is 6.30. The monoisotopic (exact) mass is 559 g/mol. The highest BCUT2D eigenvalue weighted by Gasteiger charge is 2.46. The van der Waals surface area contributed by atoms with Crippen LogP contribution in [0, 0.1) is 0 Å². The number of aromatic nitrogens is 4. The van der Waals surface area contributed by atoms with Crippen molar-refractivity contribution in [2.75, 3.05) is 18.9 Å². The second kappa shape index (κ2) is 10.1. The summed E-state index contributed by atoms with van der Waals surface area (Å²) in [6.45, 7) is -2.34. The highest BCUT2D eigenvalue weighted by Crippen LogP contribution is 2.66. The molecule has 0 aliphatic rings. The molecular formula is C11H18F2N5O13P3. The maximum Gasteiger partial charge on any atom is 0.490 e. The Labute approximate surface area is 186 Å². The summed E-state index contributed by atoms with van der Waals surface area (Å²) >= 11 is 0. The Bertz CT molecular complexity index is 1230. The van der Waals surface area contributed by atoms with Crippen LogP contribution in [0.5, 0.6) is 0 Å². The lowest BCUT2D eigenvalue weighted by Gasteiger charge is -2.31. The number of anilines is 1. The lowest BCUT2D eigenvalue weighted by atomic mass is 10.2. The fraction of sp³-hybridized carbons (Fsp3) is 0.545. The minimum absolute atomic E-state index is 0.317. The maximum absolute atomic E-state index is 15.2. The first-order chi connectivity index (χ1) is 15.4. The average molecular weight is 559 g/mol. The summed E-state index contributed by atoms with van der Waals surface area (Å²) in [6, 6.07) is 0. The smallest absolute Gasteiger partial charge is 0.392 e. The van der Waals surface area contributed by atoms with E-state index in [9.17, 15) is 32.9 Å². The molecule has 0 radical (unpaired) electrons. The highest BCUT2D eigenvalue weighted by atomic mass is 31.3. The van der Waals surface area contributed by atoms with E-state index in [4.69, 9.17) is 25.2 Å². The molecule has 0 bridgehead atoms. The zero-order chi connectivity index (χ0) is 26.1. The number of aliphatic hydroxyl groups excluding tert-OH is 1. The molecule has 23 heteroatoms. The van der Waals surface area contributed by atoms with Crippen molar-refractivity contribution in [3.8, 4) is 0 Å². The zero-order valence-electron chi connectivity index (χ0n) is 16.7. The summed E-state index contributed by atoms with van der Waals surface area (Å²) in [4.78, 5) is 56.9. The number of imidazole rings is 1. The Morgan fingerprint density at radius 2 is 1.85 bits per heavy atom. The van der Waals surface area contributed by atoms with Crippen molar-refractivity contribution in [1.29, 1.82) is 0 Å². The van der Waals surface area contributed by atoms with Crippen molar-refractivity contribution >= 4 is 40.6 Å². The van der Waals surface area contributed by atoms with Gasteiger partial charge in [0.05, 0.1) is 12.9 Å². The van der Waals surface area contributed by atoms with Crippen LogP contribution in [0.25, 0.3) is 11.2 Å². The summed E-state index contributed by atoms with van der Waals surface area (Å²) in [5.74, 6) is -4.06. The molecule has 2 aromatic rings. The SMILES string of the molecule is C[C@H](F)[C@@](F)(COP(=O)(O)OP(=O)(O)OP(=O)(O)O)O[C@H](CO)n1cnc2c(=O)[nH]c(N)nc21. The number of phosphoric acid groups is 3. The molecule has 2 heterocycles. The summed E-state index contributed by atoms with van der Waals surface area (Å²) in [5, 5.41) is 9.59. The Morgan fingerprint density at radius 3 is 2.38 bits per heavy atom. The van der Waals surface area contributed by atoms with Crippen LogP contribution in [0.4, 0.5) is 14.7 Å². The molecule has 18 nitrogen and oxygen atoms in total. The van der Waals surface area contributed by atoms with Gasteiger partial charge in [0.2, 0.25) is 5.95 Å². The number of hydrogen-bond acceptors (Lipinski definition) is 12. The Kier molecular flexibility index (Phi) is 8.52. The lowest BCUT2D eigenvalue weighted by Crippen LogP contribution is -2.43. The first-order valence-corrected chi connectivity index (χ1v) is 13.0. The Morgan fingerprint density at radius 1 is 1.24 bits per heavy atom. The number of fused-ring (bicyclic) bond motifs is 1. The second-order valence-corrected chi connectivity index (χ2v) is 10.7. The predicted octanol–water partition coefficient (Wildman–Crippen LogP) is -0.424. The molecule has 0 aromatic carbocycles. The van der Waals surface area contributed by atoms with Crippen molar-refractivity contribution in [2.24, 2.45) is 0 Å². The third kappa shape index (κ3) is 7.42. The molecule has 2 rings (SSSR count). The third-order valence-electron chi connectivity index (χ3n) is 3.68. The molecule has 0 spiro atoms. The number of hydrogen-bond donors (Lipinski definition) is 7. The number of aliphatic hydroxyl groups is 1. The molecule has 2 aromatic heterocycles. The summed E-state index contributed by atoms with van der Waals surface area (Å²) in [7, 11) is -17.4. The number of alkyl halides is 2. The lowest BCUT2D eigenvalue weighted by molar-refractivity contribution is -0.251. The van der Waals surface area contributed by atoms with Crippen LogP contribution < -0.4 is 11.3 Å². The first-order valence-electron chi connectivity index (χ1n) is 8.50. The molecular weight excluding hydrogens is 541 g/mol. The topological polar surface area (TPSA) is 279 Å². The van der Waals surface area contributed by atoms with Gasteiger partial charge in [0.1, 0.15) is 6.61 Å². The van der Waals surface area contributed by atoms with Gasteiger partial charge >= 0.3 is 23.5 Å². The molecule has 5 atom stereocenters. The molecule has 0 saturated heterocycles. The van der Waals surface area contributed by atoms with E-state index in [0.717, 1.165) is 10.9 Å². The van der Waals surface area contributed by atoms with Gasteiger partial charge in [-0.05, 0) is 6.92 Å². The number of nitrogens with one attached hydrogen (secondary N) is 1. The largest absolute Gasteiger partial charge is 0.490 e. The Hall–Kier alpha value is -1.66. The number of H-pyrrole nitrogens is 1. The molecule has 34 heavy (non-hydrogen) atoms. The van der Waals surface area contributed by atoms with E-state index in [1.54, 1.807) is 0 Å². The van der Waals surface area contributed by atoms with Gasteiger partial charge in [-0.3, -0.25) is 18.9 Å². The molecule has 0 aliphatic carbocycles. The predicted molar refractivity (Wildman–Crippen MR) is 104 cm³/mol. The summed E-state index contributed by atoms with van der Waals surface area (Å²) < 4.78 is 79.5. The van der Waals surface area contributed by atoms with Crippen molar-refractivity contribution in [3.05, 3.63) is 16.7 Å². The summed E-state index contributed by atoms with van der Waals surface area (Å²) in [6.07, 6.45) is -3.67. The number of phosphoric ester groups is 1. The molecule has 0 fully saturated rings. The number of ether oxygens (including phenoxy) is 1. The van der Waals surface area contributed by atoms with E-state index in [-0.39, 0.29) is 11.2 Å². The van der Waals surface area contributed by atoms with Crippen LogP contribution in [0.3, 0.4) is 0 Å². The Balaban J connectivity index is 2.26. The number of nitrogen functional groups attached to an aromatic ring is 1. The molecule has 8 N–H and O–H groups in total. The highest BCUT2D eigenvalue weighted by molar-refractivity contribution is 7.66. The standard InChI is InChI=1S/C11H18F2N5O13P3/c1-5(12)11(13,3-28-33(24,25)31-34(26,27)30-32(21,22)23)29-6(2-19)18-4-15-7-8(18)16-10(14)17-9(7)20/h4-6,19H,2-3H2,1H3,(H,24,25)(H,26,27)(H2,21,22,23)(H3,14,16,17,20)/t5-,6+,11+/m0/s1. The van der Waals surface area contributed by atoms with E-state index in [1.165, 1.54) is 0 Å². The van der Waals surface area contributed by atoms with Crippen molar-refractivity contribution in [2.45, 2.75) is 25.2 Å². The fourth-order valence-corrected chi connectivity index (χ4v) is 5.31. The van der Waals surface area contributed by atoms with Gasteiger partial charge in [0.25, 0.3) is 11.4 Å². The van der Waals surface area contributed by atoms with Crippen LogP contribution in [0.1, 0.15) is 13.2 Å². The van der Waals surface area contributed by atoms with Crippen LogP contribution in [0.2, 0.25) is 0 Å². The van der Waals surface area contributed by atoms with Crippen molar-refractivity contribution < 1.29 is 65.0 Å². The van der Waals surface area contributed by atoms with E-state index in [0.29, 0.717) is 6.92 Å². The van der Waals surface area contributed by atoms with Crippen LogP contribution in [-0.2, 0) is 31.6 Å². The van der Waals surface area contributed by atoms with Crippen molar-refractivity contribution in [1.82, 2.24) is 19.5 Å². The van der Waals surface area contributed by atoms with Gasteiger partial charge in [-0.1, -0.05) is 0 Å². The van der Waals surface area contributed by atoms with E-state index in [1.807, 2.05) is 0 Å². The molecule has 0 aliphatic heterocycles. The van der Waals surface area contributed by atoms with Gasteiger partial charge in [0.15, 0.2) is 23.6 Å². The third-order valence-corrected chi connectivity index (χ3v) is 7.47. The molecule has 194 valence electrons. The van der Waals surface area contributed by atoms with Gasteiger partial charge in [0, 0.05) is 0 Å². The van der Waals surface area contributed by atoms with Gasteiger partial charge < -0.3 is 35.2 Å².